The van der Waals surface area contributed by atoms with Crippen molar-refractivity contribution in [3.05, 3.63) is 42.0 Å². The minimum atomic E-state index is -0.0688. The standard InChI is InChI=1S/C23H29N5O2S/c1-2-16-5-7-18(8-6-16)24-21(29)15-31-22-12-11-20(26-27-22)28-13-3-4-17(14-28)23(30)25-19-9-10-19/h5-8,11-12,17,19H,2-4,9-10,13-15H2,1H3,(H,24,29)(H,25,30)/t17-/m1/s1. The SMILES string of the molecule is CCc1ccc(NC(=O)CSc2ccc(N3CCC[C@@H](C(=O)NC4CC4)C3)nn2)cc1. The number of amides is 2. The molecule has 2 fully saturated rings. The molecule has 2 N–H and O–H groups in total. The molecule has 1 saturated carbocycles. The van der Waals surface area contributed by atoms with Crippen molar-refractivity contribution in [1.82, 2.24) is 15.5 Å². The van der Waals surface area contributed by atoms with Crippen LogP contribution < -0.4 is 15.5 Å². The number of anilines is 2. The second kappa shape index (κ2) is 10.1. The first kappa shape index (κ1) is 21.6. The number of rotatable bonds is 8. The van der Waals surface area contributed by atoms with Crippen LogP contribution in [0.4, 0.5) is 11.5 Å². The number of aryl methyl sites for hydroxylation is 1. The first-order valence-corrected chi connectivity index (χ1v) is 12.0. The van der Waals surface area contributed by atoms with Gasteiger partial charge in [0.2, 0.25) is 11.8 Å². The molecule has 8 heteroatoms. The zero-order chi connectivity index (χ0) is 21.6. The van der Waals surface area contributed by atoms with Crippen LogP contribution in [-0.2, 0) is 16.0 Å². The predicted molar refractivity (Wildman–Crippen MR) is 123 cm³/mol. The highest BCUT2D eigenvalue weighted by molar-refractivity contribution is 7.99. The minimum Gasteiger partial charge on any atom is -0.354 e. The predicted octanol–water partition coefficient (Wildman–Crippen LogP) is 3.26. The van der Waals surface area contributed by atoms with Crippen LogP contribution in [0.15, 0.2) is 41.4 Å². The van der Waals surface area contributed by atoms with E-state index in [9.17, 15) is 9.59 Å². The summed E-state index contributed by atoms with van der Waals surface area (Å²) < 4.78 is 0. The summed E-state index contributed by atoms with van der Waals surface area (Å²) in [6.07, 6.45) is 5.09. The van der Waals surface area contributed by atoms with Gasteiger partial charge < -0.3 is 15.5 Å². The van der Waals surface area contributed by atoms with Gasteiger partial charge in [0, 0.05) is 24.8 Å². The second-order valence-corrected chi connectivity index (χ2v) is 9.18. The Kier molecular flexibility index (Phi) is 7.06. The third-order valence-electron chi connectivity index (χ3n) is 5.66. The molecule has 1 aromatic heterocycles. The zero-order valence-corrected chi connectivity index (χ0v) is 18.7. The number of hydrogen-bond donors (Lipinski definition) is 2. The number of nitrogens with zero attached hydrogens (tertiary/aromatic N) is 3. The first-order valence-electron chi connectivity index (χ1n) is 11.0. The lowest BCUT2D eigenvalue weighted by molar-refractivity contribution is -0.125. The van der Waals surface area contributed by atoms with Gasteiger partial charge in [0.1, 0.15) is 5.03 Å². The largest absolute Gasteiger partial charge is 0.354 e. The van der Waals surface area contributed by atoms with Crippen molar-refractivity contribution in [1.29, 1.82) is 0 Å². The molecule has 1 aliphatic carbocycles. The maximum absolute atomic E-state index is 12.4. The van der Waals surface area contributed by atoms with Gasteiger partial charge in [0.15, 0.2) is 5.82 Å². The van der Waals surface area contributed by atoms with Crippen LogP contribution in [0.5, 0.6) is 0 Å². The monoisotopic (exact) mass is 439 g/mol. The van der Waals surface area contributed by atoms with E-state index >= 15 is 0 Å². The van der Waals surface area contributed by atoms with Crippen LogP contribution in [0, 0.1) is 5.92 Å². The molecule has 2 heterocycles. The van der Waals surface area contributed by atoms with E-state index in [0.29, 0.717) is 17.6 Å². The molecule has 2 aliphatic rings. The Morgan fingerprint density at radius 2 is 1.90 bits per heavy atom. The van der Waals surface area contributed by atoms with Gasteiger partial charge in [0.25, 0.3) is 0 Å². The number of hydrogen-bond acceptors (Lipinski definition) is 6. The van der Waals surface area contributed by atoms with Crippen molar-refractivity contribution in [2.24, 2.45) is 5.92 Å². The number of thioether (sulfide) groups is 1. The van der Waals surface area contributed by atoms with Gasteiger partial charge in [-0.05, 0) is 61.9 Å². The molecule has 0 radical (unpaired) electrons. The van der Waals surface area contributed by atoms with Crippen molar-refractivity contribution >= 4 is 35.1 Å². The quantitative estimate of drug-likeness (QED) is 0.614. The fraction of sp³-hybridized carbons (Fsp3) is 0.478. The van der Waals surface area contributed by atoms with Crippen LogP contribution in [-0.4, -0.2) is 46.9 Å². The van der Waals surface area contributed by atoms with Gasteiger partial charge in [0.05, 0.1) is 11.7 Å². The number of benzene rings is 1. The lowest BCUT2D eigenvalue weighted by Gasteiger charge is -2.32. The Labute approximate surface area is 187 Å². The summed E-state index contributed by atoms with van der Waals surface area (Å²) in [5, 5.41) is 15.3. The van der Waals surface area contributed by atoms with Crippen molar-refractivity contribution in [2.75, 3.05) is 29.1 Å². The molecule has 0 spiro atoms. The number of aromatic nitrogens is 2. The molecule has 164 valence electrons. The average molecular weight is 440 g/mol. The van der Waals surface area contributed by atoms with Gasteiger partial charge in [-0.3, -0.25) is 9.59 Å². The summed E-state index contributed by atoms with van der Waals surface area (Å²) in [4.78, 5) is 26.7. The summed E-state index contributed by atoms with van der Waals surface area (Å²) in [5.41, 5.74) is 2.04. The van der Waals surface area contributed by atoms with Crippen molar-refractivity contribution in [2.45, 2.75) is 50.1 Å². The third kappa shape index (κ3) is 6.19. The van der Waals surface area contributed by atoms with Crippen molar-refractivity contribution in [3.8, 4) is 0 Å². The molecule has 4 rings (SSSR count). The molecular formula is C23H29N5O2S. The Morgan fingerprint density at radius 3 is 2.58 bits per heavy atom. The highest BCUT2D eigenvalue weighted by Crippen LogP contribution is 2.25. The van der Waals surface area contributed by atoms with Crippen LogP contribution in [0.25, 0.3) is 0 Å². The van der Waals surface area contributed by atoms with E-state index < -0.39 is 0 Å². The van der Waals surface area contributed by atoms with E-state index in [-0.39, 0.29) is 23.5 Å². The molecule has 7 nitrogen and oxygen atoms in total. The number of nitrogens with one attached hydrogen (secondary N) is 2. The van der Waals surface area contributed by atoms with Crippen LogP contribution in [0.2, 0.25) is 0 Å². The molecule has 1 saturated heterocycles. The van der Waals surface area contributed by atoms with Gasteiger partial charge in [-0.15, -0.1) is 10.2 Å². The maximum Gasteiger partial charge on any atom is 0.234 e. The smallest absolute Gasteiger partial charge is 0.234 e. The summed E-state index contributed by atoms with van der Waals surface area (Å²) in [5.74, 6) is 1.17. The molecule has 1 aliphatic heterocycles. The molecule has 31 heavy (non-hydrogen) atoms. The summed E-state index contributed by atoms with van der Waals surface area (Å²) in [6.45, 7) is 3.67. The van der Waals surface area contributed by atoms with E-state index in [1.807, 2.05) is 36.4 Å². The summed E-state index contributed by atoms with van der Waals surface area (Å²) in [6, 6.07) is 12.1. The average Bonchev–Trinajstić information content (AvgIpc) is 3.63. The van der Waals surface area contributed by atoms with Gasteiger partial charge in [-0.25, -0.2) is 0 Å². The number of carbonyl (C=O) groups excluding carboxylic acids is 2. The minimum absolute atomic E-state index is 0.0142. The Bertz CT molecular complexity index is 899. The summed E-state index contributed by atoms with van der Waals surface area (Å²) in [7, 11) is 0. The fourth-order valence-electron chi connectivity index (χ4n) is 3.66. The van der Waals surface area contributed by atoms with Gasteiger partial charge in [-0.2, -0.15) is 0 Å². The molecule has 0 unspecified atom stereocenters. The van der Waals surface area contributed by atoms with Gasteiger partial charge in [-0.1, -0.05) is 30.8 Å². The molecule has 1 aromatic carbocycles. The van der Waals surface area contributed by atoms with Crippen molar-refractivity contribution < 1.29 is 9.59 Å². The zero-order valence-electron chi connectivity index (χ0n) is 17.8. The van der Waals surface area contributed by atoms with Crippen LogP contribution in [0.1, 0.15) is 38.2 Å². The molecule has 1 atom stereocenters. The van der Waals surface area contributed by atoms with E-state index in [1.165, 1.54) is 17.3 Å². The van der Waals surface area contributed by atoms with Crippen LogP contribution in [0.3, 0.4) is 0 Å². The van der Waals surface area contributed by atoms with Crippen LogP contribution >= 0.6 is 11.8 Å². The van der Waals surface area contributed by atoms with E-state index in [1.54, 1.807) is 0 Å². The lowest BCUT2D eigenvalue weighted by atomic mass is 9.97. The van der Waals surface area contributed by atoms with E-state index in [2.05, 4.69) is 32.7 Å². The highest BCUT2D eigenvalue weighted by atomic mass is 32.2. The maximum atomic E-state index is 12.4. The lowest BCUT2D eigenvalue weighted by Crippen LogP contribution is -2.44. The Morgan fingerprint density at radius 1 is 1.10 bits per heavy atom. The number of carbonyl (C=O) groups is 2. The van der Waals surface area contributed by atoms with E-state index in [4.69, 9.17) is 0 Å². The number of piperidine rings is 1. The Balaban J connectivity index is 1.25. The molecular weight excluding hydrogens is 410 g/mol. The molecule has 2 aromatic rings. The highest BCUT2D eigenvalue weighted by Gasteiger charge is 2.30. The third-order valence-corrected chi connectivity index (χ3v) is 6.58. The molecule has 0 bridgehead atoms. The second-order valence-electron chi connectivity index (χ2n) is 8.19. The fourth-order valence-corrected chi connectivity index (χ4v) is 4.28. The van der Waals surface area contributed by atoms with E-state index in [0.717, 1.165) is 50.2 Å². The van der Waals surface area contributed by atoms with Gasteiger partial charge >= 0.3 is 0 Å². The Hall–Kier alpha value is -2.61. The summed E-state index contributed by atoms with van der Waals surface area (Å²) >= 11 is 1.36. The first-order chi connectivity index (χ1) is 15.1. The molecule has 2 amide bonds. The topological polar surface area (TPSA) is 87.2 Å². The van der Waals surface area contributed by atoms with Crippen molar-refractivity contribution in [3.63, 3.8) is 0 Å². The normalized spacial score (nSPS) is 18.5.